The summed E-state index contributed by atoms with van der Waals surface area (Å²) in [6, 6.07) is 0. The second kappa shape index (κ2) is 5.96. The molecule has 134 valence electrons. The van der Waals surface area contributed by atoms with Crippen LogP contribution in [0.3, 0.4) is 0 Å². The van der Waals surface area contributed by atoms with Crippen molar-refractivity contribution in [3.63, 3.8) is 0 Å². The van der Waals surface area contributed by atoms with Crippen LogP contribution in [0.1, 0.15) is 37.4 Å². The molecule has 24 heavy (non-hydrogen) atoms. The molecule has 1 aromatic rings. The maximum absolute atomic E-state index is 12.8. The van der Waals surface area contributed by atoms with Gasteiger partial charge in [0.15, 0.2) is 5.82 Å². The average molecular weight is 353 g/mol. The van der Waals surface area contributed by atoms with Crippen molar-refractivity contribution in [3.05, 3.63) is 11.7 Å². The van der Waals surface area contributed by atoms with Crippen LogP contribution in [0.5, 0.6) is 0 Å². The van der Waals surface area contributed by atoms with Crippen LogP contribution in [0.15, 0.2) is 4.52 Å². The summed E-state index contributed by atoms with van der Waals surface area (Å²) >= 11 is 0. The Hall–Kier alpha value is -1.74. The van der Waals surface area contributed by atoms with Crippen molar-refractivity contribution in [1.29, 1.82) is 0 Å². The van der Waals surface area contributed by atoms with Gasteiger partial charge in [0.2, 0.25) is 17.7 Å². The number of carbonyl (C=O) groups is 1. The molecule has 2 heterocycles. The van der Waals surface area contributed by atoms with Crippen LogP contribution in [-0.4, -0.2) is 39.6 Å². The first-order valence-electron chi connectivity index (χ1n) is 7.66. The summed E-state index contributed by atoms with van der Waals surface area (Å²) in [5.41, 5.74) is 0. The van der Waals surface area contributed by atoms with E-state index in [1.807, 2.05) is 0 Å². The first kappa shape index (κ1) is 17.1. The van der Waals surface area contributed by atoms with Gasteiger partial charge in [-0.15, -0.1) is 0 Å². The van der Waals surface area contributed by atoms with E-state index < -0.39 is 30.5 Å². The van der Waals surface area contributed by atoms with E-state index in [1.54, 1.807) is 0 Å². The molecule has 1 unspecified atom stereocenters. The Morgan fingerprint density at radius 3 is 2.62 bits per heavy atom. The van der Waals surface area contributed by atoms with Crippen molar-refractivity contribution >= 4 is 5.91 Å². The van der Waals surface area contributed by atoms with E-state index in [0.29, 0.717) is 0 Å². The lowest BCUT2D eigenvalue weighted by Gasteiger charge is -2.34. The molecule has 2 fully saturated rings. The van der Waals surface area contributed by atoms with Gasteiger partial charge in [-0.1, -0.05) is 5.16 Å². The zero-order chi connectivity index (χ0) is 17.5. The van der Waals surface area contributed by atoms with Crippen molar-refractivity contribution in [1.82, 2.24) is 15.0 Å². The Bertz CT molecular complexity index is 608. The van der Waals surface area contributed by atoms with Crippen molar-refractivity contribution in [3.8, 4) is 0 Å². The lowest BCUT2D eigenvalue weighted by molar-refractivity contribution is -0.190. The summed E-state index contributed by atoms with van der Waals surface area (Å²) in [7, 11) is 0. The van der Waals surface area contributed by atoms with Crippen molar-refractivity contribution in [2.24, 2.45) is 11.8 Å². The van der Waals surface area contributed by atoms with Crippen LogP contribution < -0.4 is 0 Å². The molecular weight excluding hydrogens is 337 g/mol. The summed E-state index contributed by atoms with van der Waals surface area (Å²) in [5, 5.41) is 3.65. The summed E-state index contributed by atoms with van der Waals surface area (Å²) in [4.78, 5) is 16.8. The van der Waals surface area contributed by atoms with Crippen molar-refractivity contribution < 1.29 is 31.3 Å². The number of hydrogen-bond acceptors (Lipinski definition) is 4. The van der Waals surface area contributed by atoms with Gasteiger partial charge in [0.05, 0.1) is 12.5 Å². The fraction of sp³-hybridized carbons (Fsp3) is 0.786. The van der Waals surface area contributed by atoms with Gasteiger partial charge in [-0.05, 0) is 12.3 Å². The van der Waals surface area contributed by atoms with Crippen LogP contribution in [0, 0.1) is 11.8 Å². The highest BCUT2D eigenvalue weighted by Gasteiger charge is 2.46. The minimum absolute atomic E-state index is 0.0206. The normalized spacial score (nSPS) is 25.0. The highest BCUT2D eigenvalue weighted by Crippen LogP contribution is 2.43. The van der Waals surface area contributed by atoms with E-state index in [9.17, 15) is 26.7 Å². The molecule has 0 aromatic carbocycles. The number of aromatic nitrogens is 2. The molecule has 0 bridgehead atoms. The number of rotatable bonds is 4. The molecule has 1 saturated heterocycles. The van der Waals surface area contributed by atoms with Gasteiger partial charge in [0, 0.05) is 32.2 Å². The van der Waals surface area contributed by atoms with Gasteiger partial charge in [-0.25, -0.2) is 8.78 Å². The molecule has 1 aliphatic carbocycles. The minimum atomic E-state index is -4.35. The maximum atomic E-state index is 12.8. The number of likely N-dealkylation sites (tertiary alicyclic amines) is 1. The van der Waals surface area contributed by atoms with E-state index in [4.69, 9.17) is 4.52 Å². The topological polar surface area (TPSA) is 59.2 Å². The maximum Gasteiger partial charge on any atom is 0.393 e. The fourth-order valence-electron chi connectivity index (χ4n) is 3.12. The van der Waals surface area contributed by atoms with Crippen LogP contribution in [-0.2, 0) is 17.8 Å². The molecule has 2 aliphatic rings. The molecule has 5 nitrogen and oxygen atoms in total. The van der Waals surface area contributed by atoms with E-state index >= 15 is 0 Å². The predicted octanol–water partition coefficient (Wildman–Crippen LogP) is 2.96. The summed E-state index contributed by atoms with van der Waals surface area (Å²) in [5.74, 6) is -4.56. The summed E-state index contributed by atoms with van der Waals surface area (Å²) in [6.45, 7) is -0.631. The van der Waals surface area contributed by atoms with E-state index in [2.05, 4.69) is 10.1 Å². The third-order valence-electron chi connectivity index (χ3n) is 4.45. The average Bonchev–Trinajstić information content (AvgIpc) is 2.85. The molecule has 1 amide bonds. The minimum Gasteiger partial charge on any atom is -0.337 e. The van der Waals surface area contributed by atoms with Crippen molar-refractivity contribution in [2.45, 2.75) is 50.7 Å². The van der Waals surface area contributed by atoms with E-state index in [1.165, 1.54) is 0 Å². The number of halogens is 5. The third kappa shape index (κ3) is 3.84. The second-order valence-corrected chi connectivity index (χ2v) is 6.49. The molecule has 1 saturated carbocycles. The number of carbonyl (C=O) groups excluding carboxylic acids is 1. The SMILES string of the molecule is O=C1CCC(C(F)(F)F)CN1Cc1nc(CC2CC(F)(F)C2)no1. The second-order valence-electron chi connectivity index (χ2n) is 6.49. The van der Waals surface area contributed by atoms with Crippen molar-refractivity contribution in [2.75, 3.05) is 6.54 Å². The van der Waals surface area contributed by atoms with Crippen LogP contribution in [0.4, 0.5) is 22.0 Å². The molecule has 0 spiro atoms. The Labute approximate surface area is 134 Å². The van der Waals surface area contributed by atoms with Gasteiger partial charge < -0.3 is 9.42 Å². The predicted molar refractivity (Wildman–Crippen MR) is 69.9 cm³/mol. The number of hydrogen-bond donors (Lipinski definition) is 0. The largest absolute Gasteiger partial charge is 0.393 e. The smallest absolute Gasteiger partial charge is 0.337 e. The van der Waals surface area contributed by atoms with Gasteiger partial charge in [0.25, 0.3) is 0 Å². The van der Waals surface area contributed by atoms with Gasteiger partial charge in [-0.2, -0.15) is 18.2 Å². The van der Waals surface area contributed by atoms with Crippen LogP contribution in [0.2, 0.25) is 0 Å². The molecule has 1 aliphatic heterocycles. The zero-order valence-electron chi connectivity index (χ0n) is 12.7. The standard InChI is InChI=1S/C14H16F5N3O2/c15-13(16)4-8(5-13)3-10-20-11(24-21-10)7-22-6-9(14(17,18)19)1-2-12(22)23/h8-9H,1-7H2. The Morgan fingerprint density at radius 1 is 1.29 bits per heavy atom. The van der Waals surface area contributed by atoms with Gasteiger partial charge >= 0.3 is 6.18 Å². The molecule has 0 radical (unpaired) electrons. The summed E-state index contributed by atoms with van der Waals surface area (Å²) in [6.07, 6.45) is -4.97. The fourth-order valence-corrected chi connectivity index (χ4v) is 3.12. The monoisotopic (exact) mass is 353 g/mol. The summed E-state index contributed by atoms with van der Waals surface area (Å²) < 4.78 is 68.9. The van der Waals surface area contributed by atoms with Gasteiger partial charge in [0.1, 0.15) is 0 Å². The Balaban J connectivity index is 1.56. The Morgan fingerprint density at radius 2 is 2.00 bits per heavy atom. The Kier molecular flexibility index (Phi) is 4.25. The third-order valence-corrected chi connectivity index (χ3v) is 4.45. The molecular formula is C14H16F5N3O2. The first-order valence-corrected chi connectivity index (χ1v) is 7.66. The lowest BCUT2D eigenvalue weighted by atomic mass is 9.79. The lowest BCUT2D eigenvalue weighted by Crippen LogP contribution is -2.44. The molecule has 1 atom stereocenters. The zero-order valence-corrected chi connectivity index (χ0v) is 12.7. The van der Waals surface area contributed by atoms with E-state index in [-0.39, 0.29) is 56.3 Å². The quantitative estimate of drug-likeness (QED) is 0.781. The van der Waals surface area contributed by atoms with Gasteiger partial charge in [-0.3, -0.25) is 4.79 Å². The first-order chi connectivity index (χ1) is 11.1. The number of nitrogens with zero attached hydrogens (tertiary/aromatic N) is 3. The van der Waals surface area contributed by atoms with Crippen LogP contribution in [0.25, 0.3) is 0 Å². The number of piperidine rings is 1. The molecule has 0 N–H and O–H groups in total. The molecule has 10 heteroatoms. The molecule has 1 aromatic heterocycles. The highest BCUT2D eigenvalue weighted by molar-refractivity contribution is 5.76. The number of amides is 1. The highest BCUT2D eigenvalue weighted by atomic mass is 19.4. The van der Waals surface area contributed by atoms with E-state index in [0.717, 1.165) is 4.90 Å². The van der Waals surface area contributed by atoms with Crippen LogP contribution >= 0.6 is 0 Å². The molecule has 3 rings (SSSR count). The number of alkyl halides is 5.